The van der Waals surface area contributed by atoms with Gasteiger partial charge in [0.25, 0.3) is 23.4 Å². The molecule has 3 amide bonds. The fourth-order valence-electron chi connectivity index (χ4n) is 5.85. The minimum atomic E-state index is -3.32. The van der Waals surface area contributed by atoms with Gasteiger partial charge >= 0.3 is 6.09 Å². The first-order chi connectivity index (χ1) is 20.3. The summed E-state index contributed by atoms with van der Waals surface area (Å²) in [5.41, 5.74) is -1.72. The third-order valence-electron chi connectivity index (χ3n) is 7.68. The van der Waals surface area contributed by atoms with Crippen molar-refractivity contribution in [2.75, 3.05) is 44.6 Å². The quantitative estimate of drug-likeness (QED) is 0.245. The molecule has 0 aliphatic carbocycles. The van der Waals surface area contributed by atoms with Crippen LogP contribution in [-0.4, -0.2) is 100 Å². The molecule has 1 aromatic rings. The second-order valence-corrected chi connectivity index (χ2v) is 13.6. The number of rotatable bonds is 5. The molecule has 2 atom stereocenters. The van der Waals surface area contributed by atoms with Gasteiger partial charge in [0.2, 0.25) is 5.91 Å². The van der Waals surface area contributed by atoms with Crippen LogP contribution in [0.3, 0.4) is 0 Å². The lowest BCUT2D eigenvalue weighted by molar-refractivity contribution is -0.384. The number of nitrogens with zero attached hydrogens (tertiary/aromatic N) is 4. The number of alkyl halides is 4. The van der Waals surface area contributed by atoms with Gasteiger partial charge in [-0.15, -0.1) is 0 Å². The molecule has 3 fully saturated rings. The number of hydrogen-bond acceptors (Lipinski definition) is 7. The first-order valence-corrected chi connectivity index (χ1v) is 15.2. The number of halogens is 5. The Kier molecular flexibility index (Phi) is 9.71. The molecule has 3 aliphatic rings. The highest BCUT2D eigenvalue weighted by Crippen LogP contribution is 2.37. The molecule has 244 valence electrons. The Morgan fingerprint density at radius 1 is 1.02 bits per heavy atom. The van der Waals surface area contributed by atoms with Crippen LogP contribution in [0.2, 0.25) is 0 Å². The molecule has 0 aromatic heterocycles. The zero-order chi connectivity index (χ0) is 32.6. The van der Waals surface area contributed by atoms with Crippen LogP contribution in [0.25, 0.3) is 0 Å². The zero-order valence-corrected chi connectivity index (χ0v) is 26.3. The van der Waals surface area contributed by atoms with Crippen molar-refractivity contribution in [2.45, 2.75) is 76.4 Å². The Bertz CT molecular complexity index is 1310. The molecule has 0 saturated carbocycles. The summed E-state index contributed by atoms with van der Waals surface area (Å²) >= 11 is 3.17. The molecule has 0 radical (unpaired) electrons. The Balaban J connectivity index is 1.54. The fourth-order valence-corrected chi connectivity index (χ4v) is 6.30. The number of carbonyl (C=O) groups is 3. The highest BCUT2D eigenvalue weighted by molar-refractivity contribution is 9.10. The van der Waals surface area contributed by atoms with E-state index in [1.807, 2.05) is 0 Å². The largest absolute Gasteiger partial charge is 0.444 e. The summed E-state index contributed by atoms with van der Waals surface area (Å²) in [5, 5.41) is 15.0. The van der Waals surface area contributed by atoms with E-state index in [2.05, 4.69) is 21.2 Å². The molecule has 4 rings (SSSR count). The van der Waals surface area contributed by atoms with Crippen LogP contribution in [0.4, 0.5) is 33.7 Å². The first kappa shape index (κ1) is 33.7. The summed E-state index contributed by atoms with van der Waals surface area (Å²) in [6, 6.07) is 1.89. The zero-order valence-electron chi connectivity index (χ0n) is 24.7. The maximum Gasteiger partial charge on any atom is 0.410 e. The molecular formula is C28H36BrF4N5O6. The highest BCUT2D eigenvalue weighted by Gasteiger charge is 2.47. The molecule has 3 heterocycles. The minimum Gasteiger partial charge on any atom is -0.444 e. The SMILES string of the molecule is CC(C)(C)OC(=O)N1CC(C(=O)N2CCC[C@@H](Nc3c(C(=O)N4CCCC(F)(F)C4)cc(Br)cc3[N+](=O)[O-])C2)CC(F)(F)C1. The van der Waals surface area contributed by atoms with Crippen LogP contribution in [0, 0.1) is 16.0 Å². The van der Waals surface area contributed by atoms with Gasteiger partial charge in [-0.2, -0.15) is 0 Å². The van der Waals surface area contributed by atoms with Gasteiger partial charge in [0, 0.05) is 55.6 Å². The van der Waals surface area contributed by atoms with Crippen LogP contribution in [0.15, 0.2) is 16.6 Å². The molecule has 0 spiro atoms. The maximum absolute atomic E-state index is 14.7. The van der Waals surface area contributed by atoms with Crippen molar-refractivity contribution in [3.63, 3.8) is 0 Å². The minimum absolute atomic E-state index is 0.0179. The van der Waals surface area contributed by atoms with Crippen LogP contribution < -0.4 is 5.32 Å². The van der Waals surface area contributed by atoms with E-state index in [1.54, 1.807) is 20.8 Å². The van der Waals surface area contributed by atoms with Crippen molar-refractivity contribution >= 4 is 45.2 Å². The lowest BCUT2D eigenvalue weighted by atomic mass is 9.92. The summed E-state index contributed by atoms with van der Waals surface area (Å²) in [7, 11) is 0. The summed E-state index contributed by atoms with van der Waals surface area (Å²) < 4.78 is 63.0. The van der Waals surface area contributed by atoms with E-state index in [9.17, 15) is 42.1 Å². The van der Waals surface area contributed by atoms with Crippen LogP contribution in [0.5, 0.6) is 0 Å². The summed E-state index contributed by atoms with van der Waals surface area (Å²) in [6.07, 6.45) is -1.14. The van der Waals surface area contributed by atoms with E-state index in [0.717, 1.165) is 9.80 Å². The molecule has 1 N–H and O–H groups in total. The predicted octanol–water partition coefficient (Wildman–Crippen LogP) is 5.52. The monoisotopic (exact) mass is 693 g/mol. The Labute approximate surface area is 260 Å². The Hall–Kier alpha value is -3.17. The predicted molar refractivity (Wildman–Crippen MR) is 155 cm³/mol. The second-order valence-electron chi connectivity index (χ2n) is 12.7. The molecule has 11 nitrogen and oxygen atoms in total. The van der Waals surface area contributed by atoms with E-state index in [0.29, 0.717) is 12.8 Å². The molecule has 3 saturated heterocycles. The third-order valence-corrected chi connectivity index (χ3v) is 8.14. The molecule has 1 unspecified atom stereocenters. The van der Waals surface area contributed by atoms with E-state index < -0.39 is 77.4 Å². The smallest absolute Gasteiger partial charge is 0.410 e. The average molecular weight is 695 g/mol. The molecule has 3 aliphatic heterocycles. The van der Waals surface area contributed by atoms with Crippen LogP contribution >= 0.6 is 15.9 Å². The lowest BCUT2D eigenvalue weighted by Crippen LogP contribution is -2.56. The number of nitrogens with one attached hydrogen (secondary N) is 1. The van der Waals surface area contributed by atoms with Crippen molar-refractivity contribution in [3.8, 4) is 0 Å². The molecular weight excluding hydrogens is 658 g/mol. The topological polar surface area (TPSA) is 125 Å². The van der Waals surface area contributed by atoms with Crippen molar-refractivity contribution in [1.82, 2.24) is 14.7 Å². The number of ether oxygens (including phenoxy) is 1. The second kappa shape index (κ2) is 12.7. The standard InChI is InChI=1S/C28H36BrF4N5O6/c1-26(2,3)44-25(41)37-13-17(12-28(32,33)16-37)23(39)35-8-4-6-19(14-35)34-22-20(10-18(29)11-21(22)38(42)43)24(40)36-9-5-7-27(30,31)15-36/h10-11,17,19,34H,4-9,12-16H2,1-3H3/t17?,19-/m1/s1. The van der Waals surface area contributed by atoms with Crippen molar-refractivity contribution < 1.29 is 41.6 Å². The number of amides is 3. The van der Waals surface area contributed by atoms with Crippen molar-refractivity contribution in [1.29, 1.82) is 0 Å². The van der Waals surface area contributed by atoms with E-state index in [-0.39, 0.29) is 54.7 Å². The average Bonchev–Trinajstić information content (AvgIpc) is 2.90. The summed E-state index contributed by atoms with van der Waals surface area (Å²) in [6.45, 7) is 3.15. The summed E-state index contributed by atoms with van der Waals surface area (Å²) in [4.78, 5) is 54.0. The molecule has 1 aromatic carbocycles. The Morgan fingerprint density at radius 2 is 1.68 bits per heavy atom. The number of hydrogen-bond donors (Lipinski definition) is 1. The van der Waals surface area contributed by atoms with E-state index in [4.69, 9.17) is 4.74 Å². The number of likely N-dealkylation sites (tertiary alicyclic amines) is 3. The van der Waals surface area contributed by atoms with Gasteiger partial charge < -0.3 is 24.8 Å². The van der Waals surface area contributed by atoms with Crippen molar-refractivity contribution in [2.24, 2.45) is 5.92 Å². The molecule has 44 heavy (non-hydrogen) atoms. The molecule has 0 bridgehead atoms. The number of nitro benzene ring substituents is 1. The number of benzene rings is 1. The van der Waals surface area contributed by atoms with Crippen LogP contribution in [-0.2, 0) is 9.53 Å². The van der Waals surface area contributed by atoms with Gasteiger partial charge in [-0.25, -0.2) is 22.4 Å². The van der Waals surface area contributed by atoms with E-state index in [1.165, 1.54) is 17.0 Å². The fraction of sp³-hybridized carbons (Fsp3) is 0.679. The van der Waals surface area contributed by atoms with Gasteiger partial charge in [0.1, 0.15) is 11.3 Å². The molecule has 16 heteroatoms. The highest BCUT2D eigenvalue weighted by atomic mass is 79.9. The maximum atomic E-state index is 14.7. The van der Waals surface area contributed by atoms with Gasteiger partial charge in [-0.3, -0.25) is 19.7 Å². The van der Waals surface area contributed by atoms with Gasteiger partial charge in [0.15, 0.2) is 0 Å². The Morgan fingerprint density at radius 3 is 2.32 bits per heavy atom. The third kappa shape index (κ3) is 8.30. The van der Waals surface area contributed by atoms with Crippen molar-refractivity contribution in [3.05, 3.63) is 32.3 Å². The van der Waals surface area contributed by atoms with Gasteiger partial charge in [-0.1, -0.05) is 15.9 Å². The first-order valence-electron chi connectivity index (χ1n) is 14.4. The number of carbonyl (C=O) groups excluding carboxylic acids is 3. The number of anilines is 1. The summed E-state index contributed by atoms with van der Waals surface area (Å²) in [5.74, 6) is -9.00. The number of piperidine rings is 3. The number of nitro groups is 1. The van der Waals surface area contributed by atoms with Crippen LogP contribution in [0.1, 0.15) is 63.2 Å². The van der Waals surface area contributed by atoms with E-state index >= 15 is 0 Å². The normalized spacial score (nSPS) is 23.6. The van der Waals surface area contributed by atoms with Gasteiger partial charge in [0.05, 0.1) is 29.5 Å². The lowest BCUT2D eigenvalue weighted by Gasteiger charge is -2.41. The van der Waals surface area contributed by atoms with Gasteiger partial charge in [-0.05, 0) is 46.1 Å².